The van der Waals surface area contributed by atoms with Crippen LogP contribution in [-0.4, -0.2) is 36.6 Å². The molecule has 0 bridgehead atoms. The fraction of sp³-hybridized carbons (Fsp3) is 1.00. The third-order valence-corrected chi connectivity index (χ3v) is 6.01. The summed E-state index contributed by atoms with van der Waals surface area (Å²) in [5, 5.41) is 3.59. The summed E-state index contributed by atoms with van der Waals surface area (Å²) in [5.41, 5.74) is 0. The lowest BCUT2D eigenvalue weighted by atomic mass is 9.80. The molecule has 0 aromatic rings. The van der Waals surface area contributed by atoms with Gasteiger partial charge in [-0.15, -0.1) is 0 Å². The van der Waals surface area contributed by atoms with E-state index < -0.39 is 0 Å². The molecule has 2 heteroatoms. The average Bonchev–Trinajstić information content (AvgIpc) is 2.92. The van der Waals surface area contributed by atoms with Gasteiger partial charge in [-0.3, -0.25) is 4.90 Å². The molecule has 19 heavy (non-hydrogen) atoms. The first-order chi connectivity index (χ1) is 9.15. The van der Waals surface area contributed by atoms with E-state index in [9.17, 15) is 0 Å². The fourth-order valence-corrected chi connectivity index (χ4v) is 5.13. The van der Waals surface area contributed by atoms with Crippen LogP contribution in [0.4, 0.5) is 0 Å². The third-order valence-electron chi connectivity index (χ3n) is 6.01. The maximum Gasteiger partial charge on any atom is 0.0114 e. The van der Waals surface area contributed by atoms with Crippen LogP contribution in [0.3, 0.4) is 0 Å². The van der Waals surface area contributed by atoms with Crippen LogP contribution in [-0.2, 0) is 0 Å². The molecule has 1 saturated carbocycles. The zero-order chi connectivity index (χ0) is 13.4. The first-order valence-corrected chi connectivity index (χ1v) is 8.61. The van der Waals surface area contributed by atoms with E-state index in [0.717, 1.165) is 35.8 Å². The summed E-state index contributed by atoms with van der Waals surface area (Å²) in [6.45, 7) is 11.2. The largest absolute Gasteiger partial charge is 0.316 e. The molecule has 0 spiro atoms. The molecule has 5 atom stereocenters. The summed E-state index contributed by atoms with van der Waals surface area (Å²) in [7, 11) is 0. The van der Waals surface area contributed by atoms with Gasteiger partial charge in [0.25, 0.3) is 0 Å². The summed E-state index contributed by atoms with van der Waals surface area (Å²) >= 11 is 0. The van der Waals surface area contributed by atoms with Gasteiger partial charge in [-0.05, 0) is 62.9 Å². The lowest BCUT2D eigenvalue weighted by Crippen LogP contribution is -2.43. The maximum absolute atomic E-state index is 3.59. The summed E-state index contributed by atoms with van der Waals surface area (Å²) in [4.78, 5) is 2.89. The van der Waals surface area contributed by atoms with Gasteiger partial charge in [-0.25, -0.2) is 0 Å². The first kappa shape index (κ1) is 13.9. The van der Waals surface area contributed by atoms with Gasteiger partial charge in [0.1, 0.15) is 0 Å². The van der Waals surface area contributed by atoms with Crippen molar-refractivity contribution < 1.29 is 0 Å². The van der Waals surface area contributed by atoms with Crippen molar-refractivity contribution in [1.29, 1.82) is 0 Å². The highest BCUT2D eigenvalue weighted by atomic mass is 15.2. The highest BCUT2D eigenvalue weighted by Crippen LogP contribution is 2.39. The van der Waals surface area contributed by atoms with Gasteiger partial charge in [0.05, 0.1) is 0 Å². The van der Waals surface area contributed by atoms with Crippen LogP contribution in [0.15, 0.2) is 0 Å². The molecule has 2 saturated heterocycles. The first-order valence-electron chi connectivity index (χ1n) is 8.61. The highest BCUT2D eigenvalue weighted by Gasteiger charge is 2.44. The van der Waals surface area contributed by atoms with E-state index in [-0.39, 0.29) is 0 Å². The minimum atomic E-state index is 0.822. The van der Waals surface area contributed by atoms with E-state index in [0.29, 0.717) is 0 Å². The predicted molar refractivity (Wildman–Crippen MR) is 81.2 cm³/mol. The third kappa shape index (κ3) is 2.85. The van der Waals surface area contributed by atoms with Gasteiger partial charge in [0.15, 0.2) is 0 Å². The molecular weight excluding hydrogens is 232 g/mol. The van der Waals surface area contributed by atoms with Crippen LogP contribution >= 0.6 is 0 Å². The summed E-state index contributed by atoms with van der Waals surface area (Å²) in [6.07, 6.45) is 7.36. The second-order valence-electron chi connectivity index (χ2n) is 7.84. The second kappa shape index (κ2) is 5.73. The molecule has 0 radical (unpaired) electrons. The topological polar surface area (TPSA) is 15.3 Å². The van der Waals surface area contributed by atoms with Crippen LogP contribution in [0.1, 0.15) is 52.9 Å². The van der Waals surface area contributed by atoms with Crippen molar-refractivity contribution in [3.8, 4) is 0 Å². The van der Waals surface area contributed by atoms with Crippen molar-refractivity contribution in [2.75, 3.05) is 19.6 Å². The average molecular weight is 264 g/mol. The number of hydrogen-bond donors (Lipinski definition) is 1. The minimum absolute atomic E-state index is 0.822. The Hall–Kier alpha value is -0.0800. The Morgan fingerprint density at radius 3 is 2.79 bits per heavy atom. The van der Waals surface area contributed by atoms with E-state index in [1.54, 1.807) is 0 Å². The van der Waals surface area contributed by atoms with Crippen molar-refractivity contribution in [3.05, 3.63) is 0 Å². The number of nitrogens with one attached hydrogen (secondary N) is 1. The molecule has 110 valence electrons. The Labute approximate surface area is 119 Å². The van der Waals surface area contributed by atoms with Crippen molar-refractivity contribution >= 4 is 0 Å². The number of nitrogens with zero attached hydrogens (tertiary/aromatic N) is 1. The predicted octanol–water partition coefficient (Wildman–Crippen LogP) is 3.13. The van der Waals surface area contributed by atoms with E-state index in [2.05, 4.69) is 31.0 Å². The van der Waals surface area contributed by atoms with Gasteiger partial charge in [0, 0.05) is 18.6 Å². The van der Waals surface area contributed by atoms with Crippen LogP contribution < -0.4 is 5.32 Å². The number of rotatable bonds is 3. The van der Waals surface area contributed by atoms with Gasteiger partial charge >= 0.3 is 0 Å². The molecular formula is C17H32N2. The Balaban J connectivity index is 1.59. The monoisotopic (exact) mass is 264 g/mol. The van der Waals surface area contributed by atoms with Crippen LogP contribution in [0, 0.1) is 23.7 Å². The van der Waals surface area contributed by atoms with Gasteiger partial charge < -0.3 is 5.32 Å². The highest BCUT2D eigenvalue weighted by molar-refractivity contribution is 4.99. The standard InChI is InChI=1S/C17H32N2/c1-12(2)7-14-5-4-6-16(8-14)19-11-15-9-18-10-17(15)13(19)3/h12-18H,4-11H2,1-3H3. The summed E-state index contributed by atoms with van der Waals surface area (Å²) < 4.78 is 0. The van der Waals surface area contributed by atoms with Crippen LogP contribution in [0.5, 0.6) is 0 Å². The van der Waals surface area contributed by atoms with Gasteiger partial charge in [-0.2, -0.15) is 0 Å². The molecule has 0 amide bonds. The Bertz CT molecular complexity index is 302. The Morgan fingerprint density at radius 2 is 2.05 bits per heavy atom. The zero-order valence-corrected chi connectivity index (χ0v) is 13.1. The Kier molecular flexibility index (Phi) is 4.19. The minimum Gasteiger partial charge on any atom is -0.316 e. The van der Waals surface area contributed by atoms with Gasteiger partial charge in [-0.1, -0.05) is 26.7 Å². The quantitative estimate of drug-likeness (QED) is 0.842. The van der Waals surface area contributed by atoms with Crippen molar-refractivity contribution in [3.63, 3.8) is 0 Å². The molecule has 3 aliphatic rings. The van der Waals surface area contributed by atoms with Crippen molar-refractivity contribution in [2.24, 2.45) is 23.7 Å². The summed E-state index contributed by atoms with van der Waals surface area (Å²) in [6, 6.07) is 1.72. The number of fused-ring (bicyclic) bond motifs is 1. The molecule has 0 aromatic carbocycles. The number of likely N-dealkylation sites (tertiary alicyclic amines) is 1. The number of hydrogen-bond acceptors (Lipinski definition) is 2. The lowest BCUT2D eigenvalue weighted by molar-refractivity contribution is 0.106. The maximum atomic E-state index is 3.59. The SMILES string of the molecule is CC(C)CC1CCCC(N2CC3CNCC3C2C)C1. The van der Waals surface area contributed by atoms with E-state index in [1.807, 2.05) is 0 Å². The van der Waals surface area contributed by atoms with Crippen LogP contribution in [0.2, 0.25) is 0 Å². The molecule has 1 aliphatic carbocycles. The normalized spacial score (nSPS) is 43.9. The fourth-order valence-electron chi connectivity index (χ4n) is 5.13. The molecule has 1 N–H and O–H groups in total. The van der Waals surface area contributed by atoms with Crippen molar-refractivity contribution in [1.82, 2.24) is 10.2 Å². The second-order valence-corrected chi connectivity index (χ2v) is 7.84. The van der Waals surface area contributed by atoms with E-state index in [1.165, 1.54) is 51.7 Å². The van der Waals surface area contributed by atoms with Crippen molar-refractivity contribution in [2.45, 2.75) is 65.0 Å². The molecule has 3 rings (SSSR count). The van der Waals surface area contributed by atoms with E-state index >= 15 is 0 Å². The van der Waals surface area contributed by atoms with Gasteiger partial charge in [0.2, 0.25) is 0 Å². The molecule has 5 unspecified atom stereocenters. The molecule has 2 nitrogen and oxygen atoms in total. The Morgan fingerprint density at radius 1 is 1.21 bits per heavy atom. The molecule has 0 aromatic heterocycles. The molecule has 2 aliphatic heterocycles. The van der Waals surface area contributed by atoms with Crippen LogP contribution in [0.25, 0.3) is 0 Å². The molecule has 3 fully saturated rings. The zero-order valence-electron chi connectivity index (χ0n) is 13.1. The lowest BCUT2D eigenvalue weighted by Gasteiger charge is -2.39. The smallest absolute Gasteiger partial charge is 0.0114 e. The summed E-state index contributed by atoms with van der Waals surface area (Å²) in [5.74, 6) is 3.76. The van der Waals surface area contributed by atoms with E-state index in [4.69, 9.17) is 0 Å². The molecule has 2 heterocycles.